The molecule has 3 nitrogen and oxygen atoms in total. The summed E-state index contributed by atoms with van der Waals surface area (Å²) in [5.41, 5.74) is -0.868. The number of aliphatic hydroxyl groups excluding tert-OH is 1. The fourth-order valence-electron chi connectivity index (χ4n) is 1.42. The van der Waals surface area contributed by atoms with Gasteiger partial charge in [0.2, 0.25) is 0 Å². The van der Waals surface area contributed by atoms with Crippen molar-refractivity contribution in [2.24, 2.45) is 0 Å². The topological polar surface area (TPSA) is 53.1 Å². The molecule has 2 rings (SSSR count). The minimum absolute atomic E-state index is 0.00648. The van der Waals surface area contributed by atoms with Crippen molar-refractivity contribution in [1.82, 2.24) is 4.98 Å². The molecule has 1 heterocycles. The summed E-state index contributed by atoms with van der Waals surface area (Å²) in [6.45, 7) is -0.513. The highest BCUT2D eigenvalue weighted by molar-refractivity contribution is 5.80. The van der Waals surface area contributed by atoms with E-state index in [9.17, 15) is 13.6 Å². The van der Waals surface area contributed by atoms with Gasteiger partial charge in [0.05, 0.1) is 17.5 Å². The highest BCUT2D eigenvalue weighted by Crippen LogP contribution is 2.15. The van der Waals surface area contributed by atoms with Crippen LogP contribution in [0.25, 0.3) is 10.9 Å². The van der Waals surface area contributed by atoms with Crippen LogP contribution >= 0.6 is 0 Å². The van der Waals surface area contributed by atoms with Gasteiger partial charge in [-0.1, -0.05) is 0 Å². The van der Waals surface area contributed by atoms with Crippen LogP contribution in [0.15, 0.2) is 23.1 Å². The Labute approximate surface area is 83.0 Å². The molecule has 1 aromatic heterocycles. The van der Waals surface area contributed by atoms with Gasteiger partial charge in [-0.15, -0.1) is 0 Å². The SMILES string of the molecule is O=c1c(CO)c[nH]c2c(F)ccc(F)c12. The molecule has 0 radical (unpaired) electrons. The van der Waals surface area contributed by atoms with Crippen LogP contribution in [-0.4, -0.2) is 10.1 Å². The summed E-state index contributed by atoms with van der Waals surface area (Å²) in [6.07, 6.45) is 1.17. The van der Waals surface area contributed by atoms with Gasteiger partial charge in [-0.25, -0.2) is 8.78 Å². The van der Waals surface area contributed by atoms with Crippen LogP contribution < -0.4 is 5.43 Å². The molecule has 15 heavy (non-hydrogen) atoms. The summed E-state index contributed by atoms with van der Waals surface area (Å²) in [5.74, 6) is -1.50. The van der Waals surface area contributed by atoms with Gasteiger partial charge in [0, 0.05) is 11.8 Å². The summed E-state index contributed by atoms with van der Waals surface area (Å²) in [6, 6.07) is 1.82. The maximum Gasteiger partial charge on any atom is 0.197 e. The third-order valence-corrected chi connectivity index (χ3v) is 2.18. The van der Waals surface area contributed by atoms with E-state index in [4.69, 9.17) is 5.11 Å². The van der Waals surface area contributed by atoms with E-state index in [1.165, 1.54) is 6.20 Å². The fourth-order valence-corrected chi connectivity index (χ4v) is 1.42. The highest BCUT2D eigenvalue weighted by Gasteiger charge is 2.11. The number of H-pyrrole nitrogens is 1. The number of hydrogen-bond acceptors (Lipinski definition) is 2. The lowest BCUT2D eigenvalue weighted by Crippen LogP contribution is -2.12. The molecule has 0 saturated heterocycles. The van der Waals surface area contributed by atoms with Gasteiger partial charge >= 0.3 is 0 Å². The monoisotopic (exact) mass is 211 g/mol. The molecule has 0 atom stereocenters. The minimum atomic E-state index is -0.803. The van der Waals surface area contributed by atoms with Crippen molar-refractivity contribution >= 4 is 10.9 Å². The molecule has 0 unspecified atom stereocenters. The number of aromatic nitrogens is 1. The van der Waals surface area contributed by atoms with Gasteiger partial charge in [-0.3, -0.25) is 4.79 Å². The van der Waals surface area contributed by atoms with Crippen LogP contribution in [0.1, 0.15) is 5.56 Å². The number of rotatable bonds is 1. The second-order valence-electron chi connectivity index (χ2n) is 3.08. The molecular formula is C10H7F2NO2. The van der Waals surface area contributed by atoms with Gasteiger partial charge in [0.25, 0.3) is 0 Å². The van der Waals surface area contributed by atoms with E-state index in [0.29, 0.717) is 0 Å². The zero-order chi connectivity index (χ0) is 11.0. The van der Waals surface area contributed by atoms with Gasteiger partial charge < -0.3 is 10.1 Å². The molecule has 0 saturated carbocycles. The first kappa shape index (κ1) is 9.79. The molecule has 0 spiro atoms. The Hall–Kier alpha value is -1.75. The predicted molar refractivity (Wildman–Crippen MR) is 50.4 cm³/mol. The Kier molecular flexibility index (Phi) is 2.24. The molecule has 2 aromatic rings. The lowest BCUT2D eigenvalue weighted by molar-refractivity contribution is 0.280. The Bertz CT molecular complexity index is 577. The molecule has 2 N–H and O–H groups in total. The molecule has 0 fully saturated rings. The van der Waals surface area contributed by atoms with E-state index in [1.54, 1.807) is 0 Å². The zero-order valence-electron chi connectivity index (χ0n) is 7.55. The van der Waals surface area contributed by atoms with Crippen molar-refractivity contribution in [3.8, 4) is 0 Å². The van der Waals surface area contributed by atoms with E-state index < -0.39 is 23.7 Å². The number of aliphatic hydroxyl groups is 1. The lowest BCUT2D eigenvalue weighted by Gasteiger charge is -2.02. The molecule has 5 heteroatoms. The van der Waals surface area contributed by atoms with Crippen LogP contribution in [0.3, 0.4) is 0 Å². The van der Waals surface area contributed by atoms with Crippen LogP contribution in [-0.2, 0) is 6.61 Å². The number of benzene rings is 1. The summed E-state index contributed by atoms with van der Waals surface area (Å²) in [4.78, 5) is 14.0. The molecule has 0 aliphatic rings. The van der Waals surface area contributed by atoms with Crippen molar-refractivity contribution in [3.05, 3.63) is 45.8 Å². The third kappa shape index (κ3) is 1.41. The molecule has 0 amide bonds. The largest absolute Gasteiger partial charge is 0.391 e. The Balaban J connectivity index is 2.99. The number of hydrogen-bond donors (Lipinski definition) is 2. The first-order chi connectivity index (χ1) is 7.15. The Morgan fingerprint density at radius 3 is 2.60 bits per heavy atom. The van der Waals surface area contributed by atoms with Crippen LogP contribution in [0.2, 0.25) is 0 Å². The lowest BCUT2D eigenvalue weighted by atomic mass is 10.1. The standard InChI is InChI=1S/C10H7F2NO2/c11-6-1-2-7(12)9-8(6)10(15)5(4-14)3-13-9/h1-3,14H,4H2,(H,13,15). The van der Waals surface area contributed by atoms with Gasteiger partial charge in [0.1, 0.15) is 11.6 Å². The normalized spacial score (nSPS) is 10.9. The van der Waals surface area contributed by atoms with Crippen LogP contribution in [0.5, 0.6) is 0 Å². The maximum atomic E-state index is 13.3. The number of aromatic amines is 1. The molecule has 0 bridgehead atoms. The summed E-state index contributed by atoms with van der Waals surface area (Å²) in [5, 5.41) is 8.44. The fraction of sp³-hybridized carbons (Fsp3) is 0.100. The number of fused-ring (bicyclic) bond motifs is 1. The van der Waals surface area contributed by atoms with E-state index in [1.807, 2.05) is 0 Å². The average molecular weight is 211 g/mol. The number of halogens is 2. The molecular weight excluding hydrogens is 204 g/mol. The smallest absolute Gasteiger partial charge is 0.197 e. The van der Waals surface area contributed by atoms with E-state index in [-0.39, 0.29) is 16.5 Å². The molecule has 78 valence electrons. The first-order valence-electron chi connectivity index (χ1n) is 4.24. The van der Waals surface area contributed by atoms with Gasteiger partial charge in [-0.05, 0) is 12.1 Å². The van der Waals surface area contributed by atoms with Crippen molar-refractivity contribution < 1.29 is 13.9 Å². The second-order valence-corrected chi connectivity index (χ2v) is 3.08. The minimum Gasteiger partial charge on any atom is -0.391 e. The molecule has 0 aliphatic heterocycles. The van der Waals surface area contributed by atoms with Crippen molar-refractivity contribution in [2.45, 2.75) is 6.61 Å². The first-order valence-corrected chi connectivity index (χ1v) is 4.24. The Morgan fingerprint density at radius 1 is 1.27 bits per heavy atom. The van der Waals surface area contributed by atoms with Crippen molar-refractivity contribution in [1.29, 1.82) is 0 Å². The summed E-state index contributed by atoms with van der Waals surface area (Å²) < 4.78 is 26.5. The average Bonchev–Trinajstić information content (AvgIpc) is 2.23. The highest BCUT2D eigenvalue weighted by atomic mass is 19.1. The molecule has 0 aliphatic carbocycles. The van der Waals surface area contributed by atoms with E-state index >= 15 is 0 Å². The predicted octanol–water partition coefficient (Wildman–Crippen LogP) is 1.30. The second kappa shape index (κ2) is 3.43. The Morgan fingerprint density at radius 2 is 1.93 bits per heavy atom. The van der Waals surface area contributed by atoms with E-state index in [0.717, 1.165) is 12.1 Å². The number of nitrogens with one attached hydrogen (secondary N) is 1. The van der Waals surface area contributed by atoms with E-state index in [2.05, 4.69) is 4.98 Å². The quantitative estimate of drug-likeness (QED) is 0.746. The third-order valence-electron chi connectivity index (χ3n) is 2.18. The van der Waals surface area contributed by atoms with Gasteiger partial charge in [0.15, 0.2) is 5.43 Å². The summed E-state index contributed by atoms with van der Waals surface area (Å²) in [7, 11) is 0. The van der Waals surface area contributed by atoms with Crippen LogP contribution in [0.4, 0.5) is 8.78 Å². The zero-order valence-corrected chi connectivity index (χ0v) is 7.55. The summed E-state index contributed by atoms with van der Waals surface area (Å²) >= 11 is 0. The van der Waals surface area contributed by atoms with Crippen LogP contribution in [0, 0.1) is 11.6 Å². The number of pyridine rings is 1. The van der Waals surface area contributed by atoms with Crippen molar-refractivity contribution in [3.63, 3.8) is 0 Å². The van der Waals surface area contributed by atoms with Crippen molar-refractivity contribution in [2.75, 3.05) is 0 Å². The van der Waals surface area contributed by atoms with Gasteiger partial charge in [-0.2, -0.15) is 0 Å². The molecule has 1 aromatic carbocycles. The maximum absolute atomic E-state index is 13.3.